The molecule has 0 aliphatic carbocycles. The minimum atomic E-state index is -5.94. The van der Waals surface area contributed by atoms with Crippen LogP contribution in [-0.4, -0.2) is 26.7 Å². The Hall–Kier alpha value is -1.33. The molecule has 19 heteroatoms. The van der Waals surface area contributed by atoms with Crippen LogP contribution in [0, 0.1) is 22.9 Å². The van der Waals surface area contributed by atoms with E-state index in [2.05, 4.69) is 18.7 Å². The molecular formula is C21H30F4IN6NaO5S2. The Bertz CT molecular complexity index is 1290. The average Bonchev–Trinajstić information content (AvgIpc) is 2.72. The monoisotopic (exact) mass is 738 g/mol. The third-order valence-electron chi connectivity index (χ3n) is 3.79. The molecule has 0 aromatic carbocycles. The molecule has 2 atom stereocenters. The van der Waals surface area contributed by atoms with Gasteiger partial charge in [0.2, 0.25) is 12.4 Å². The van der Waals surface area contributed by atoms with Gasteiger partial charge in [-0.3, -0.25) is 23.7 Å². The van der Waals surface area contributed by atoms with Gasteiger partial charge in [0.1, 0.15) is 31.5 Å². The molecule has 40 heavy (non-hydrogen) atoms. The summed E-state index contributed by atoms with van der Waals surface area (Å²) in [4.78, 5) is 7.29. The third kappa shape index (κ3) is 21.4. The Balaban J connectivity index is -0.000000173. The molecule has 0 aliphatic heterocycles. The van der Waals surface area contributed by atoms with Gasteiger partial charge in [-0.05, 0) is 29.5 Å². The largest absolute Gasteiger partial charge is 1.00 e. The van der Waals surface area contributed by atoms with Crippen LogP contribution in [0.1, 0.15) is 46.6 Å². The fraction of sp³-hybridized carbons (Fsp3) is 0.429. The number of alkyl halides is 4. The maximum absolute atomic E-state index is 12.9. The zero-order valence-corrected chi connectivity index (χ0v) is 27.1. The molecule has 2 aromatic heterocycles. The van der Waals surface area contributed by atoms with Crippen molar-refractivity contribution in [3.05, 3.63) is 59.2 Å². The number of hydrogen-bond acceptors (Lipinski definition) is 11. The first-order valence-electron chi connectivity index (χ1n) is 9.76. The van der Waals surface area contributed by atoms with Crippen LogP contribution >= 0.6 is 0 Å². The first-order chi connectivity index (χ1) is 17.2. The Labute approximate surface area is 264 Å². The minimum Gasteiger partial charge on any atom is -0.286 e. The van der Waals surface area contributed by atoms with Crippen molar-refractivity contribution < 1.29 is 88.0 Å². The van der Waals surface area contributed by atoms with E-state index in [9.17, 15) is 21.8 Å². The summed E-state index contributed by atoms with van der Waals surface area (Å²) in [6, 6.07) is 5.49. The number of hydrogen-bond donors (Lipinski definition) is 0. The van der Waals surface area contributed by atoms with Crippen LogP contribution < -0.4 is 63.4 Å². The molecule has 2 rings (SSSR count). The van der Waals surface area contributed by atoms with Crippen LogP contribution in [0.4, 0.5) is 17.6 Å². The van der Waals surface area contributed by atoms with Crippen LogP contribution in [-0.2, 0) is 43.8 Å². The summed E-state index contributed by atoms with van der Waals surface area (Å²) in [5, 5.41) is 16.7. The van der Waals surface area contributed by atoms with Crippen LogP contribution in [0.25, 0.3) is 0 Å². The molecule has 0 fully saturated rings. The quantitative estimate of drug-likeness (QED) is 0.121. The van der Waals surface area contributed by atoms with Crippen molar-refractivity contribution >= 4 is 20.4 Å². The van der Waals surface area contributed by atoms with Crippen molar-refractivity contribution in [2.75, 3.05) is 12.5 Å². The third-order valence-corrected chi connectivity index (χ3v) is 6.27. The SMILES string of the molecule is C.CC(F)(F)c1ccc(CS(C)(=O)=NC#N)cn1.CS(Cc1ccc(C(C)(F)F)nc1)=NC#N.[2HH].[2HH].[Na+].[O-][I+3]([O-])([O-])[O-]. The van der Waals surface area contributed by atoms with Gasteiger partial charge in [0.05, 0.1) is 15.5 Å². The molecule has 0 spiro atoms. The number of pyridine rings is 2. The van der Waals surface area contributed by atoms with Crippen molar-refractivity contribution in [2.24, 2.45) is 8.73 Å². The standard InChI is InChI=1S/C10H11F2N3OS.C10H11F2N3S.CH4.IO4.Na.2H2/c1-10(11,12)9-4-3-8(5-14-9)6-17(2,16)15-7-13;1-10(11,12)9-4-3-8(5-14-9)6-16(2)15-7-13;;2-1(3,4)5;;;/h3-5H,6H2,1-2H3;3-5H,6H2,1-2H3;1H4;;;2*1H/q;;;-1;+1;;/i;;;;;2*1+1. The van der Waals surface area contributed by atoms with Gasteiger partial charge in [0.15, 0.2) is 0 Å². The average molecular weight is 739 g/mol. The number of nitriles is 2. The van der Waals surface area contributed by atoms with Crippen LogP contribution in [0.15, 0.2) is 45.4 Å². The molecular weight excluding hydrogens is 706 g/mol. The van der Waals surface area contributed by atoms with Gasteiger partial charge in [-0.15, -0.1) is 4.36 Å². The molecule has 0 N–H and O–H groups in total. The van der Waals surface area contributed by atoms with Gasteiger partial charge in [-0.1, -0.05) is 30.3 Å². The molecule has 2 unspecified atom stereocenters. The summed E-state index contributed by atoms with van der Waals surface area (Å²) in [5.41, 5.74) is 0.716. The van der Waals surface area contributed by atoms with E-state index in [1.807, 2.05) is 6.26 Å². The predicted octanol–water partition coefficient (Wildman–Crippen LogP) is -4.74. The molecule has 0 bridgehead atoms. The minimum absolute atomic E-state index is 0. The van der Waals surface area contributed by atoms with Gasteiger partial charge in [-0.25, -0.2) is 4.21 Å². The fourth-order valence-electron chi connectivity index (χ4n) is 2.31. The normalized spacial score (nSPS) is 13.2. The smallest absolute Gasteiger partial charge is 0.286 e. The summed E-state index contributed by atoms with van der Waals surface area (Å²) in [5.74, 6) is -5.34. The number of halogens is 5. The van der Waals surface area contributed by atoms with E-state index in [0.717, 1.165) is 19.4 Å². The van der Waals surface area contributed by atoms with Gasteiger partial charge < -0.3 is 0 Å². The summed E-state index contributed by atoms with van der Waals surface area (Å²) in [7, 11) is -3.06. The van der Waals surface area contributed by atoms with Gasteiger partial charge >= 0.3 is 29.6 Å². The maximum Gasteiger partial charge on any atom is 1.00 e. The van der Waals surface area contributed by atoms with Crippen molar-refractivity contribution in [3.63, 3.8) is 0 Å². The van der Waals surface area contributed by atoms with Crippen molar-refractivity contribution in [1.82, 2.24) is 9.97 Å². The second kappa shape index (κ2) is 19.0. The van der Waals surface area contributed by atoms with Gasteiger partial charge in [0, 0.05) is 41.1 Å². The maximum atomic E-state index is 12.9. The molecule has 0 amide bonds. The molecule has 0 radical (unpaired) electrons. The topological polar surface area (TPSA) is 207 Å². The summed E-state index contributed by atoms with van der Waals surface area (Å²) < 4.78 is 104. The van der Waals surface area contributed by atoms with Crippen molar-refractivity contribution in [1.29, 1.82) is 10.5 Å². The Morgan fingerprint density at radius 2 is 1.38 bits per heavy atom. The number of nitrogens with zero attached hydrogens (tertiary/aromatic N) is 6. The molecule has 222 valence electrons. The van der Waals surface area contributed by atoms with Crippen LogP contribution in [0.2, 0.25) is 0 Å². The number of rotatable bonds is 6. The van der Waals surface area contributed by atoms with E-state index in [1.54, 1.807) is 12.3 Å². The van der Waals surface area contributed by atoms with E-state index < -0.39 is 52.4 Å². The molecule has 2 heterocycles. The zero-order chi connectivity index (χ0) is 29.8. The summed E-state index contributed by atoms with van der Waals surface area (Å²) >= 11 is -5.94. The van der Waals surface area contributed by atoms with Crippen LogP contribution in [0.5, 0.6) is 0 Å². The van der Waals surface area contributed by atoms with Gasteiger partial charge in [0.25, 0.3) is 11.8 Å². The number of aromatic nitrogens is 2. The molecule has 0 saturated heterocycles. The summed E-state index contributed by atoms with van der Waals surface area (Å²) in [6.07, 6.45) is 8.97. The Morgan fingerprint density at radius 3 is 1.68 bits per heavy atom. The van der Waals surface area contributed by atoms with Gasteiger partial charge in [-0.2, -0.15) is 32.4 Å². The predicted molar refractivity (Wildman–Crippen MR) is 129 cm³/mol. The fourth-order valence-corrected chi connectivity index (χ4v) is 4.19. The molecule has 11 nitrogen and oxygen atoms in total. The van der Waals surface area contributed by atoms with Crippen molar-refractivity contribution in [3.8, 4) is 12.4 Å². The van der Waals surface area contributed by atoms with E-state index >= 15 is 0 Å². The van der Waals surface area contributed by atoms with E-state index in [0.29, 0.717) is 11.3 Å². The Kier molecular flexibility index (Phi) is 20.5. The first kappa shape index (κ1) is 43.1. The van der Waals surface area contributed by atoms with E-state index in [1.165, 1.54) is 43.0 Å². The van der Waals surface area contributed by atoms with E-state index in [-0.39, 0.29) is 57.0 Å². The Morgan fingerprint density at radius 1 is 0.975 bits per heavy atom. The zero-order valence-electron chi connectivity index (χ0n) is 21.3. The molecule has 2 aromatic rings. The molecule has 0 saturated carbocycles. The summed E-state index contributed by atoms with van der Waals surface area (Å²) in [6.45, 7) is 1.56. The van der Waals surface area contributed by atoms with Crippen LogP contribution in [0.3, 0.4) is 0 Å². The second-order valence-electron chi connectivity index (χ2n) is 7.49. The first-order valence-corrected chi connectivity index (χ1v) is 17.1. The second-order valence-corrected chi connectivity index (χ2v) is 13.7. The van der Waals surface area contributed by atoms with E-state index in [4.69, 9.17) is 24.3 Å². The van der Waals surface area contributed by atoms with Crippen molar-refractivity contribution in [2.45, 2.75) is 44.6 Å². The molecule has 0 aliphatic rings.